The first-order valence-electron chi connectivity index (χ1n) is 8.59. The van der Waals surface area contributed by atoms with E-state index in [1.54, 1.807) is 7.11 Å². The van der Waals surface area contributed by atoms with Crippen LogP contribution in [0.5, 0.6) is 5.75 Å². The van der Waals surface area contributed by atoms with Gasteiger partial charge < -0.3 is 4.74 Å². The maximum atomic E-state index is 12.6. The standard InChI is InChI=1S/C18H20N4O3/c1-25-12-8-6-11(7-9-12)10-15-19-18(21-20-15)22-16(23)13-4-2-3-5-14(13)17(22)24/h6-9,13-14H,2-5,10H2,1H3,(H,19,20,21)/t13-,14+. The summed E-state index contributed by atoms with van der Waals surface area (Å²) in [5, 5.41) is 6.95. The summed E-state index contributed by atoms with van der Waals surface area (Å²) in [5.74, 6) is 0.908. The zero-order valence-electron chi connectivity index (χ0n) is 14.1. The molecule has 1 saturated carbocycles. The molecule has 2 amide bonds. The van der Waals surface area contributed by atoms with Crippen molar-refractivity contribution >= 4 is 17.8 Å². The molecule has 1 aliphatic heterocycles. The highest BCUT2D eigenvalue weighted by molar-refractivity contribution is 6.21. The lowest BCUT2D eigenvalue weighted by Crippen LogP contribution is -2.31. The summed E-state index contributed by atoms with van der Waals surface area (Å²) < 4.78 is 5.14. The number of rotatable bonds is 4. The summed E-state index contributed by atoms with van der Waals surface area (Å²) in [6.45, 7) is 0. The average Bonchev–Trinajstić information content (AvgIpc) is 3.19. The number of hydrogen-bond acceptors (Lipinski definition) is 5. The molecule has 1 aromatic heterocycles. The molecule has 2 aromatic rings. The van der Waals surface area contributed by atoms with Gasteiger partial charge in [-0.15, -0.1) is 5.10 Å². The van der Waals surface area contributed by atoms with E-state index in [-0.39, 0.29) is 29.6 Å². The number of nitrogens with one attached hydrogen (secondary N) is 1. The van der Waals surface area contributed by atoms with Crippen LogP contribution < -0.4 is 9.64 Å². The van der Waals surface area contributed by atoms with Crippen LogP contribution in [0.25, 0.3) is 0 Å². The fourth-order valence-corrected chi connectivity index (χ4v) is 3.76. The molecule has 0 spiro atoms. The quantitative estimate of drug-likeness (QED) is 0.861. The number of amides is 2. The third kappa shape index (κ3) is 2.79. The van der Waals surface area contributed by atoms with Gasteiger partial charge in [-0.1, -0.05) is 25.0 Å². The van der Waals surface area contributed by atoms with Crippen molar-refractivity contribution in [1.29, 1.82) is 0 Å². The van der Waals surface area contributed by atoms with Crippen LogP contribution in [0, 0.1) is 11.8 Å². The predicted octanol–water partition coefficient (Wildman–Crippen LogP) is 2.08. The summed E-state index contributed by atoms with van der Waals surface area (Å²) in [6, 6.07) is 7.65. The van der Waals surface area contributed by atoms with Gasteiger partial charge in [0.25, 0.3) is 5.95 Å². The number of hydrogen-bond donors (Lipinski definition) is 1. The van der Waals surface area contributed by atoms with Gasteiger partial charge in [0, 0.05) is 6.42 Å². The fraction of sp³-hybridized carbons (Fsp3) is 0.444. The Balaban J connectivity index is 1.52. The van der Waals surface area contributed by atoms with Gasteiger partial charge in [0.2, 0.25) is 11.8 Å². The van der Waals surface area contributed by atoms with E-state index in [1.807, 2.05) is 24.3 Å². The van der Waals surface area contributed by atoms with E-state index >= 15 is 0 Å². The Morgan fingerprint density at radius 2 is 1.76 bits per heavy atom. The second kappa shape index (κ2) is 6.31. The predicted molar refractivity (Wildman–Crippen MR) is 90.1 cm³/mol. The van der Waals surface area contributed by atoms with Crippen LogP contribution in [0.2, 0.25) is 0 Å². The Morgan fingerprint density at radius 3 is 2.36 bits per heavy atom. The maximum Gasteiger partial charge on any atom is 0.258 e. The zero-order valence-corrected chi connectivity index (χ0v) is 14.1. The maximum absolute atomic E-state index is 12.6. The third-order valence-corrected chi connectivity index (χ3v) is 5.09. The molecular weight excluding hydrogens is 320 g/mol. The van der Waals surface area contributed by atoms with Gasteiger partial charge in [-0.25, -0.2) is 4.90 Å². The van der Waals surface area contributed by atoms with Crippen molar-refractivity contribution < 1.29 is 14.3 Å². The number of carbonyl (C=O) groups is 2. The molecule has 7 nitrogen and oxygen atoms in total. The lowest BCUT2D eigenvalue weighted by Gasteiger charge is -2.19. The summed E-state index contributed by atoms with van der Waals surface area (Å²) in [4.78, 5) is 30.7. The number of aromatic nitrogens is 3. The topological polar surface area (TPSA) is 88.2 Å². The van der Waals surface area contributed by atoms with Gasteiger partial charge in [-0.2, -0.15) is 4.98 Å². The highest BCUT2D eigenvalue weighted by atomic mass is 16.5. The molecule has 1 saturated heterocycles. The second-order valence-electron chi connectivity index (χ2n) is 6.62. The molecule has 4 rings (SSSR count). The molecule has 7 heteroatoms. The number of benzene rings is 1. The van der Waals surface area contributed by atoms with Gasteiger partial charge in [-0.05, 0) is 30.5 Å². The van der Waals surface area contributed by atoms with E-state index < -0.39 is 0 Å². The van der Waals surface area contributed by atoms with Gasteiger partial charge >= 0.3 is 0 Å². The van der Waals surface area contributed by atoms with E-state index in [4.69, 9.17) is 4.74 Å². The zero-order chi connectivity index (χ0) is 17.4. The van der Waals surface area contributed by atoms with Crippen molar-refractivity contribution in [3.05, 3.63) is 35.7 Å². The second-order valence-corrected chi connectivity index (χ2v) is 6.62. The monoisotopic (exact) mass is 340 g/mol. The Bertz CT molecular complexity index is 775. The van der Waals surface area contributed by atoms with Crippen LogP contribution >= 0.6 is 0 Å². The van der Waals surface area contributed by atoms with Gasteiger partial charge in [0.1, 0.15) is 11.6 Å². The summed E-state index contributed by atoms with van der Waals surface area (Å²) >= 11 is 0. The number of aromatic amines is 1. The molecule has 1 aliphatic carbocycles. The van der Waals surface area contributed by atoms with Gasteiger partial charge in [-0.3, -0.25) is 14.7 Å². The highest BCUT2D eigenvalue weighted by Crippen LogP contribution is 2.39. The van der Waals surface area contributed by atoms with Crippen molar-refractivity contribution in [1.82, 2.24) is 15.2 Å². The molecule has 2 fully saturated rings. The smallest absolute Gasteiger partial charge is 0.258 e. The van der Waals surface area contributed by atoms with Gasteiger partial charge in [0.15, 0.2) is 0 Å². The molecule has 25 heavy (non-hydrogen) atoms. The highest BCUT2D eigenvalue weighted by Gasteiger charge is 2.50. The molecule has 2 atom stereocenters. The Labute approximate surface area is 145 Å². The molecule has 2 aliphatic rings. The fourth-order valence-electron chi connectivity index (χ4n) is 3.76. The van der Waals surface area contributed by atoms with Crippen LogP contribution in [0.15, 0.2) is 24.3 Å². The van der Waals surface area contributed by atoms with E-state index in [0.29, 0.717) is 12.2 Å². The number of methoxy groups -OCH3 is 1. The molecule has 0 bridgehead atoms. The number of imide groups is 1. The molecule has 2 heterocycles. The van der Waals surface area contributed by atoms with Crippen molar-refractivity contribution in [3.63, 3.8) is 0 Å². The molecule has 0 radical (unpaired) electrons. The van der Waals surface area contributed by atoms with Crippen LogP contribution in [-0.4, -0.2) is 34.1 Å². The SMILES string of the molecule is COc1ccc(Cc2nc(N3C(=O)[C@H]4CCCC[C@H]4C3=O)n[nH]2)cc1. The van der Waals surface area contributed by atoms with Gasteiger partial charge in [0.05, 0.1) is 18.9 Å². The van der Waals surface area contributed by atoms with Crippen molar-refractivity contribution in [2.75, 3.05) is 12.0 Å². The van der Waals surface area contributed by atoms with Crippen LogP contribution in [0.1, 0.15) is 37.1 Å². The number of nitrogens with zero attached hydrogens (tertiary/aromatic N) is 3. The minimum absolute atomic E-state index is 0.148. The van der Waals surface area contributed by atoms with Crippen molar-refractivity contribution in [2.45, 2.75) is 32.1 Å². The van der Waals surface area contributed by atoms with E-state index in [2.05, 4.69) is 15.2 Å². The first-order chi connectivity index (χ1) is 12.2. The first-order valence-corrected chi connectivity index (χ1v) is 8.59. The normalized spacial score (nSPS) is 23.0. The average molecular weight is 340 g/mol. The molecule has 1 aromatic carbocycles. The third-order valence-electron chi connectivity index (χ3n) is 5.09. The summed E-state index contributed by atoms with van der Waals surface area (Å²) in [7, 11) is 1.62. The summed E-state index contributed by atoms with van der Waals surface area (Å²) in [6.07, 6.45) is 4.12. The number of fused-ring (bicyclic) bond motifs is 1. The number of anilines is 1. The first kappa shape index (κ1) is 15.8. The molecule has 0 unspecified atom stereocenters. The lowest BCUT2D eigenvalue weighted by molar-refractivity contribution is -0.122. The van der Waals surface area contributed by atoms with Crippen LogP contribution in [0.4, 0.5) is 5.95 Å². The van der Waals surface area contributed by atoms with Crippen molar-refractivity contribution in [2.24, 2.45) is 11.8 Å². The minimum Gasteiger partial charge on any atom is -0.497 e. The number of H-pyrrole nitrogens is 1. The van der Waals surface area contributed by atoms with E-state index in [1.165, 1.54) is 4.90 Å². The summed E-state index contributed by atoms with van der Waals surface area (Å²) in [5.41, 5.74) is 1.04. The van der Waals surface area contributed by atoms with Crippen LogP contribution in [0.3, 0.4) is 0 Å². The Hall–Kier alpha value is -2.70. The van der Waals surface area contributed by atoms with Crippen molar-refractivity contribution in [3.8, 4) is 5.75 Å². The minimum atomic E-state index is -0.190. The molecular formula is C18H20N4O3. The molecule has 1 N–H and O–H groups in total. The Kier molecular flexibility index (Phi) is 3.99. The Morgan fingerprint density at radius 1 is 1.12 bits per heavy atom. The van der Waals surface area contributed by atoms with E-state index in [0.717, 1.165) is 37.0 Å². The van der Waals surface area contributed by atoms with Crippen LogP contribution in [-0.2, 0) is 16.0 Å². The lowest BCUT2D eigenvalue weighted by atomic mass is 9.81. The number of ether oxygens (including phenoxy) is 1. The number of carbonyl (C=O) groups excluding carboxylic acids is 2. The largest absolute Gasteiger partial charge is 0.497 e. The molecule has 130 valence electrons. The van der Waals surface area contributed by atoms with E-state index in [9.17, 15) is 9.59 Å².